The van der Waals surface area contributed by atoms with Crippen LogP contribution in [0, 0.1) is 23.0 Å². The lowest BCUT2D eigenvalue weighted by Gasteiger charge is -2.10. The van der Waals surface area contributed by atoms with E-state index >= 15 is 0 Å². The minimum absolute atomic E-state index is 0.0238. The van der Waals surface area contributed by atoms with Gasteiger partial charge in [-0.3, -0.25) is 4.79 Å². The quantitative estimate of drug-likeness (QED) is 0.780. The molecule has 1 fully saturated rings. The van der Waals surface area contributed by atoms with Crippen LogP contribution in [0.5, 0.6) is 0 Å². The Morgan fingerprint density at radius 1 is 1.47 bits per heavy atom. The van der Waals surface area contributed by atoms with Crippen LogP contribution in [0.1, 0.15) is 20.3 Å². The summed E-state index contributed by atoms with van der Waals surface area (Å²) >= 11 is 0. The number of nitrogens with two attached hydrogens (primary N) is 1. The summed E-state index contributed by atoms with van der Waals surface area (Å²) < 4.78 is 26.4. The Hall–Kier alpha value is -1.65. The van der Waals surface area contributed by atoms with Gasteiger partial charge in [0.2, 0.25) is 5.91 Å². The Labute approximate surface area is 98.0 Å². The average Bonchev–Trinajstić information content (AvgIpc) is 2.88. The van der Waals surface area contributed by atoms with E-state index in [1.165, 1.54) is 6.07 Å². The SMILES string of the molecule is CC1(C)CC1C(=O)Nc1c(N)ccc(F)c1F. The van der Waals surface area contributed by atoms with Gasteiger partial charge in [-0.2, -0.15) is 0 Å². The lowest BCUT2D eigenvalue weighted by molar-refractivity contribution is -0.118. The van der Waals surface area contributed by atoms with Crippen LogP contribution in [0.15, 0.2) is 12.1 Å². The second-order valence-corrected chi connectivity index (χ2v) is 5.06. The Morgan fingerprint density at radius 2 is 2.06 bits per heavy atom. The summed E-state index contributed by atoms with van der Waals surface area (Å²) in [6.45, 7) is 3.89. The van der Waals surface area contributed by atoms with Crippen LogP contribution in [-0.4, -0.2) is 5.91 Å². The number of carbonyl (C=O) groups is 1. The van der Waals surface area contributed by atoms with E-state index in [2.05, 4.69) is 5.32 Å². The highest BCUT2D eigenvalue weighted by Crippen LogP contribution is 2.52. The van der Waals surface area contributed by atoms with Crippen LogP contribution in [0.4, 0.5) is 20.2 Å². The van der Waals surface area contributed by atoms with E-state index in [1.807, 2.05) is 13.8 Å². The third-order valence-electron chi connectivity index (χ3n) is 3.21. The molecule has 0 radical (unpaired) electrons. The van der Waals surface area contributed by atoms with Gasteiger partial charge in [-0.15, -0.1) is 0 Å². The molecule has 1 amide bonds. The third kappa shape index (κ3) is 2.09. The van der Waals surface area contributed by atoms with Crippen molar-refractivity contribution in [2.45, 2.75) is 20.3 Å². The van der Waals surface area contributed by atoms with Crippen LogP contribution in [0.25, 0.3) is 0 Å². The number of hydrogen-bond donors (Lipinski definition) is 2. The molecule has 17 heavy (non-hydrogen) atoms. The summed E-state index contributed by atoms with van der Waals surface area (Å²) in [6, 6.07) is 2.16. The van der Waals surface area contributed by atoms with Crippen molar-refractivity contribution in [3.8, 4) is 0 Å². The molecule has 0 aliphatic heterocycles. The van der Waals surface area contributed by atoms with Crippen molar-refractivity contribution < 1.29 is 13.6 Å². The molecule has 0 heterocycles. The first-order valence-corrected chi connectivity index (χ1v) is 5.37. The van der Waals surface area contributed by atoms with Crippen molar-refractivity contribution >= 4 is 17.3 Å². The molecule has 0 aromatic heterocycles. The molecule has 1 saturated carbocycles. The molecule has 1 atom stereocenters. The van der Waals surface area contributed by atoms with Gasteiger partial charge in [0.15, 0.2) is 11.6 Å². The lowest BCUT2D eigenvalue weighted by Crippen LogP contribution is -2.18. The molecule has 92 valence electrons. The minimum atomic E-state index is -1.11. The van der Waals surface area contributed by atoms with E-state index in [0.717, 1.165) is 12.5 Å². The molecule has 1 aromatic rings. The molecular weight excluding hydrogens is 226 g/mol. The van der Waals surface area contributed by atoms with Gasteiger partial charge >= 0.3 is 0 Å². The van der Waals surface area contributed by atoms with E-state index < -0.39 is 11.6 Å². The van der Waals surface area contributed by atoms with E-state index in [4.69, 9.17) is 5.73 Å². The van der Waals surface area contributed by atoms with Crippen LogP contribution in [0.3, 0.4) is 0 Å². The number of benzene rings is 1. The number of anilines is 2. The highest BCUT2D eigenvalue weighted by molar-refractivity contribution is 5.97. The predicted molar refractivity (Wildman–Crippen MR) is 61.3 cm³/mol. The first-order chi connectivity index (χ1) is 7.83. The number of carbonyl (C=O) groups excluding carboxylic acids is 1. The van der Waals surface area contributed by atoms with Crippen LogP contribution in [0.2, 0.25) is 0 Å². The average molecular weight is 240 g/mol. The Balaban J connectivity index is 2.20. The minimum Gasteiger partial charge on any atom is -0.397 e. The number of halogens is 2. The number of nitrogens with one attached hydrogen (secondary N) is 1. The van der Waals surface area contributed by atoms with Gasteiger partial charge < -0.3 is 11.1 Å². The highest BCUT2D eigenvalue weighted by atomic mass is 19.2. The second kappa shape index (κ2) is 3.68. The fraction of sp³-hybridized carbons (Fsp3) is 0.417. The number of rotatable bonds is 2. The maximum Gasteiger partial charge on any atom is 0.228 e. The largest absolute Gasteiger partial charge is 0.397 e. The van der Waals surface area contributed by atoms with Crippen molar-refractivity contribution in [3.05, 3.63) is 23.8 Å². The van der Waals surface area contributed by atoms with Gasteiger partial charge in [-0.05, 0) is 24.0 Å². The Bertz CT molecular complexity index is 486. The maximum absolute atomic E-state index is 13.4. The monoisotopic (exact) mass is 240 g/mol. The second-order valence-electron chi connectivity index (χ2n) is 5.06. The van der Waals surface area contributed by atoms with Crippen molar-refractivity contribution in [2.24, 2.45) is 11.3 Å². The zero-order chi connectivity index (χ0) is 12.8. The fourth-order valence-corrected chi connectivity index (χ4v) is 1.82. The number of nitrogen functional groups attached to an aromatic ring is 1. The van der Waals surface area contributed by atoms with Gasteiger partial charge in [0.05, 0.1) is 5.69 Å². The topological polar surface area (TPSA) is 55.1 Å². The molecule has 3 nitrogen and oxygen atoms in total. The highest BCUT2D eigenvalue weighted by Gasteiger charge is 2.50. The van der Waals surface area contributed by atoms with Crippen molar-refractivity contribution in [1.29, 1.82) is 0 Å². The zero-order valence-electron chi connectivity index (χ0n) is 9.68. The number of hydrogen-bond acceptors (Lipinski definition) is 2. The first-order valence-electron chi connectivity index (χ1n) is 5.37. The maximum atomic E-state index is 13.4. The normalized spacial score (nSPS) is 21.1. The van der Waals surface area contributed by atoms with E-state index in [1.54, 1.807) is 0 Å². The molecule has 0 spiro atoms. The fourth-order valence-electron chi connectivity index (χ4n) is 1.82. The van der Waals surface area contributed by atoms with Gasteiger partial charge in [-0.1, -0.05) is 13.8 Å². The summed E-state index contributed by atoms with van der Waals surface area (Å²) in [7, 11) is 0. The van der Waals surface area contributed by atoms with Crippen molar-refractivity contribution in [3.63, 3.8) is 0 Å². The third-order valence-corrected chi connectivity index (χ3v) is 3.21. The first kappa shape index (κ1) is 11.8. The van der Waals surface area contributed by atoms with E-state index in [0.29, 0.717) is 0 Å². The van der Waals surface area contributed by atoms with E-state index in [-0.39, 0.29) is 28.6 Å². The van der Waals surface area contributed by atoms with Gasteiger partial charge in [0, 0.05) is 5.92 Å². The van der Waals surface area contributed by atoms with Crippen molar-refractivity contribution in [2.75, 3.05) is 11.1 Å². The summed E-state index contributed by atoms with van der Waals surface area (Å²) in [5, 5.41) is 2.36. The summed E-state index contributed by atoms with van der Waals surface area (Å²) in [5.41, 5.74) is 5.20. The summed E-state index contributed by atoms with van der Waals surface area (Å²) in [5.74, 6) is -2.61. The zero-order valence-corrected chi connectivity index (χ0v) is 9.68. The molecule has 1 aliphatic rings. The summed E-state index contributed by atoms with van der Waals surface area (Å²) in [4.78, 5) is 11.8. The molecule has 2 rings (SSSR count). The molecule has 0 saturated heterocycles. The number of amides is 1. The molecular formula is C12H14F2N2O. The Kier molecular flexibility index (Phi) is 2.56. The van der Waals surface area contributed by atoms with E-state index in [9.17, 15) is 13.6 Å². The molecule has 5 heteroatoms. The van der Waals surface area contributed by atoms with Crippen LogP contribution >= 0.6 is 0 Å². The molecule has 0 bridgehead atoms. The standard InChI is InChI=1S/C12H14F2N2O/c1-12(2)5-6(12)11(17)16-10-8(15)4-3-7(13)9(10)14/h3-4,6H,5,15H2,1-2H3,(H,16,17). The van der Waals surface area contributed by atoms with Gasteiger partial charge in [-0.25, -0.2) is 8.78 Å². The van der Waals surface area contributed by atoms with Gasteiger partial charge in [0.1, 0.15) is 5.69 Å². The molecule has 1 aromatic carbocycles. The van der Waals surface area contributed by atoms with Crippen molar-refractivity contribution in [1.82, 2.24) is 0 Å². The predicted octanol–water partition coefficient (Wildman–Crippen LogP) is 2.53. The molecule has 3 N–H and O–H groups in total. The molecule has 1 aliphatic carbocycles. The van der Waals surface area contributed by atoms with Crippen LogP contribution in [-0.2, 0) is 4.79 Å². The van der Waals surface area contributed by atoms with Gasteiger partial charge in [0.25, 0.3) is 0 Å². The summed E-state index contributed by atoms with van der Waals surface area (Å²) in [6.07, 6.45) is 0.746. The van der Waals surface area contributed by atoms with Crippen LogP contribution < -0.4 is 11.1 Å². The Morgan fingerprint density at radius 3 is 2.59 bits per heavy atom. The molecule has 1 unspecified atom stereocenters. The smallest absolute Gasteiger partial charge is 0.228 e. The lowest BCUT2D eigenvalue weighted by atomic mass is 10.1.